The fraction of sp³-hybridized carbons (Fsp3) is 0.379. The van der Waals surface area contributed by atoms with Gasteiger partial charge in [0.25, 0.3) is 5.91 Å². The molecule has 0 bridgehead atoms. The number of amides is 1. The maximum atomic E-state index is 13.2. The molecule has 1 aliphatic carbocycles. The van der Waals surface area contributed by atoms with Gasteiger partial charge < -0.3 is 21.9 Å². The lowest BCUT2D eigenvalue weighted by Crippen LogP contribution is -2.46. The Hall–Kier alpha value is -3.22. The van der Waals surface area contributed by atoms with E-state index < -0.39 is 0 Å². The maximum Gasteiger partial charge on any atom is 0.251 e. The summed E-state index contributed by atoms with van der Waals surface area (Å²) in [6, 6.07) is 15.1. The number of carbonyl (C=O) groups is 1. The van der Waals surface area contributed by atoms with Crippen LogP contribution in [0.5, 0.6) is 0 Å². The van der Waals surface area contributed by atoms with Gasteiger partial charge in [0, 0.05) is 42.2 Å². The molecular formula is C29H38N4O2. The van der Waals surface area contributed by atoms with Crippen LogP contribution in [0, 0.1) is 17.2 Å². The second-order valence-corrected chi connectivity index (χ2v) is 9.46. The van der Waals surface area contributed by atoms with Gasteiger partial charge in [-0.25, -0.2) is 0 Å². The number of nitrogen functional groups attached to an aromatic ring is 1. The molecule has 1 aliphatic rings. The molecule has 0 spiro atoms. The molecule has 186 valence electrons. The van der Waals surface area contributed by atoms with Crippen LogP contribution in [0.1, 0.15) is 59.7 Å². The molecule has 2 aromatic rings. The molecular weight excluding hydrogens is 436 g/mol. The number of hydrogen-bond acceptors (Lipinski definition) is 4. The van der Waals surface area contributed by atoms with E-state index in [1.807, 2.05) is 42.5 Å². The summed E-state index contributed by atoms with van der Waals surface area (Å²) in [6.45, 7) is 4.66. The normalized spacial score (nSPS) is 17.8. The summed E-state index contributed by atoms with van der Waals surface area (Å²) in [6.07, 6.45) is 8.79. The highest BCUT2D eigenvalue weighted by atomic mass is 16.3. The van der Waals surface area contributed by atoms with Crippen molar-refractivity contribution < 1.29 is 9.90 Å². The van der Waals surface area contributed by atoms with E-state index in [9.17, 15) is 9.90 Å². The molecule has 0 saturated heterocycles. The van der Waals surface area contributed by atoms with Crippen LogP contribution in [0.2, 0.25) is 0 Å². The molecule has 7 N–H and O–H groups in total. The van der Waals surface area contributed by atoms with Gasteiger partial charge in [0.05, 0.1) is 0 Å². The first kappa shape index (κ1) is 26.4. The minimum Gasteiger partial charge on any atom is -0.396 e. The van der Waals surface area contributed by atoms with Crippen molar-refractivity contribution in [2.45, 2.75) is 45.1 Å². The molecule has 0 radical (unpaired) electrons. The zero-order valence-electron chi connectivity index (χ0n) is 20.7. The quantitative estimate of drug-likeness (QED) is 0.250. The van der Waals surface area contributed by atoms with Crippen molar-refractivity contribution in [2.75, 3.05) is 13.2 Å². The molecule has 0 heterocycles. The van der Waals surface area contributed by atoms with Crippen LogP contribution in [0.4, 0.5) is 0 Å². The Bertz CT molecular complexity index is 1070. The van der Waals surface area contributed by atoms with Crippen LogP contribution in [-0.4, -0.2) is 36.0 Å². The van der Waals surface area contributed by atoms with E-state index in [4.69, 9.17) is 16.9 Å². The zero-order chi connectivity index (χ0) is 25.4. The number of nitrogens with two attached hydrogens (primary N) is 2. The van der Waals surface area contributed by atoms with Crippen molar-refractivity contribution in [1.29, 1.82) is 5.41 Å². The van der Waals surface area contributed by atoms with Gasteiger partial charge in [-0.05, 0) is 53.7 Å². The molecule has 0 fully saturated rings. The number of hydrogen-bond donors (Lipinski definition) is 5. The van der Waals surface area contributed by atoms with Crippen LogP contribution >= 0.6 is 0 Å². The predicted molar refractivity (Wildman–Crippen MR) is 143 cm³/mol. The van der Waals surface area contributed by atoms with Crippen molar-refractivity contribution in [3.05, 3.63) is 94.6 Å². The third kappa shape index (κ3) is 6.90. The van der Waals surface area contributed by atoms with Gasteiger partial charge in [-0.1, -0.05) is 68.8 Å². The van der Waals surface area contributed by atoms with E-state index >= 15 is 0 Å². The monoisotopic (exact) mass is 474 g/mol. The number of amidine groups is 1. The van der Waals surface area contributed by atoms with Gasteiger partial charge in [-0.3, -0.25) is 10.2 Å². The van der Waals surface area contributed by atoms with Crippen LogP contribution in [0.3, 0.4) is 0 Å². The summed E-state index contributed by atoms with van der Waals surface area (Å²) >= 11 is 0. The van der Waals surface area contributed by atoms with Crippen LogP contribution in [0.15, 0.2) is 72.3 Å². The Morgan fingerprint density at radius 3 is 2.57 bits per heavy atom. The Kier molecular flexibility index (Phi) is 9.40. The van der Waals surface area contributed by atoms with Crippen molar-refractivity contribution >= 4 is 11.7 Å². The lowest BCUT2D eigenvalue weighted by Gasteiger charge is -2.31. The van der Waals surface area contributed by atoms with Gasteiger partial charge in [-0.15, -0.1) is 0 Å². The van der Waals surface area contributed by atoms with Gasteiger partial charge in [0.2, 0.25) is 0 Å². The van der Waals surface area contributed by atoms with Crippen molar-refractivity contribution in [3.8, 4) is 0 Å². The van der Waals surface area contributed by atoms with E-state index in [1.54, 1.807) is 6.07 Å². The minimum absolute atomic E-state index is 0.0154. The summed E-state index contributed by atoms with van der Waals surface area (Å²) in [5.41, 5.74) is 16.0. The number of carbonyl (C=O) groups excluding carboxylic acids is 1. The predicted octanol–water partition coefficient (Wildman–Crippen LogP) is 3.89. The Labute approximate surface area is 208 Å². The highest BCUT2D eigenvalue weighted by molar-refractivity contribution is 5.95. The lowest BCUT2D eigenvalue weighted by molar-refractivity contribution is 0.0867. The first-order valence-corrected chi connectivity index (χ1v) is 12.4. The SMILES string of the molecule is CCC(C)C(NC(=O)c1ccc(C2C=C(CN)C=CC2)cc1)C(CO)Cc1cccc(C(=N)N)c1. The molecule has 0 saturated carbocycles. The van der Waals surface area contributed by atoms with Gasteiger partial charge in [-0.2, -0.15) is 0 Å². The highest BCUT2D eigenvalue weighted by Gasteiger charge is 2.28. The smallest absolute Gasteiger partial charge is 0.251 e. The second-order valence-electron chi connectivity index (χ2n) is 9.46. The molecule has 4 unspecified atom stereocenters. The van der Waals surface area contributed by atoms with Gasteiger partial charge in [0.15, 0.2) is 0 Å². The second kappa shape index (κ2) is 12.5. The molecule has 3 rings (SSSR count). The summed E-state index contributed by atoms with van der Waals surface area (Å²) in [5, 5.41) is 21.1. The van der Waals surface area contributed by atoms with E-state index in [2.05, 4.69) is 37.4 Å². The average molecular weight is 475 g/mol. The number of rotatable bonds is 11. The van der Waals surface area contributed by atoms with E-state index in [-0.39, 0.29) is 42.1 Å². The Morgan fingerprint density at radius 2 is 1.94 bits per heavy atom. The number of aliphatic hydroxyl groups excluding tert-OH is 1. The van der Waals surface area contributed by atoms with E-state index in [1.165, 1.54) is 0 Å². The van der Waals surface area contributed by atoms with Gasteiger partial charge >= 0.3 is 0 Å². The summed E-state index contributed by atoms with van der Waals surface area (Å²) in [7, 11) is 0. The summed E-state index contributed by atoms with van der Waals surface area (Å²) in [5.74, 6) is 0.165. The number of nitrogens with one attached hydrogen (secondary N) is 2. The fourth-order valence-corrected chi connectivity index (χ4v) is 4.69. The lowest BCUT2D eigenvalue weighted by atomic mass is 9.83. The third-order valence-electron chi connectivity index (χ3n) is 7.01. The maximum absolute atomic E-state index is 13.2. The number of aliphatic hydroxyl groups is 1. The summed E-state index contributed by atoms with van der Waals surface area (Å²) in [4.78, 5) is 13.2. The highest BCUT2D eigenvalue weighted by Crippen LogP contribution is 2.27. The summed E-state index contributed by atoms with van der Waals surface area (Å²) < 4.78 is 0. The number of benzene rings is 2. The Balaban J connectivity index is 1.74. The van der Waals surface area contributed by atoms with Crippen LogP contribution < -0.4 is 16.8 Å². The average Bonchev–Trinajstić information content (AvgIpc) is 2.90. The fourth-order valence-electron chi connectivity index (χ4n) is 4.69. The van der Waals surface area contributed by atoms with Crippen molar-refractivity contribution in [1.82, 2.24) is 5.32 Å². The Morgan fingerprint density at radius 1 is 1.20 bits per heavy atom. The van der Waals surface area contributed by atoms with Gasteiger partial charge in [0.1, 0.15) is 5.84 Å². The molecule has 2 aromatic carbocycles. The molecule has 6 heteroatoms. The van der Waals surface area contributed by atoms with Crippen LogP contribution in [-0.2, 0) is 6.42 Å². The van der Waals surface area contributed by atoms with E-state index in [0.717, 1.165) is 29.5 Å². The molecule has 0 aliphatic heterocycles. The topological polar surface area (TPSA) is 125 Å². The van der Waals surface area contributed by atoms with Crippen molar-refractivity contribution in [3.63, 3.8) is 0 Å². The molecule has 35 heavy (non-hydrogen) atoms. The molecule has 4 atom stereocenters. The van der Waals surface area contributed by atoms with Crippen molar-refractivity contribution in [2.24, 2.45) is 23.3 Å². The largest absolute Gasteiger partial charge is 0.396 e. The zero-order valence-corrected chi connectivity index (χ0v) is 20.7. The minimum atomic E-state index is -0.198. The first-order valence-electron chi connectivity index (χ1n) is 12.4. The third-order valence-corrected chi connectivity index (χ3v) is 7.01. The number of allylic oxidation sites excluding steroid dienone is 2. The standard InChI is InChI=1S/C29H38N4O2/c1-3-19(2)27(26(18-34)15-20-6-4-9-25(14-20)28(31)32)33-29(35)23-12-10-22(11-13-23)24-8-5-7-21(16-24)17-30/h4-7,9-14,16,19,24,26-27,34H,3,8,15,17-18,30H2,1-2H3,(H3,31,32)(H,33,35). The molecule has 1 amide bonds. The molecule has 6 nitrogen and oxygen atoms in total. The first-order chi connectivity index (χ1) is 16.9. The van der Waals surface area contributed by atoms with Crippen LogP contribution in [0.25, 0.3) is 0 Å². The molecule has 0 aromatic heterocycles. The van der Waals surface area contributed by atoms with E-state index in [0.29, 0.717) is 24.1 Å².